The molecule has 0 spiro atoms. The molecular formula is C14H14FNS2. The van der Waals surface area contributed by atoms with Crippen LogP contribution in [0.5, 0.6) is 0 Å². The molecule has 3 rings (SSSR count). The van der Waals surface area contributed by atoms with E-state index >= 15 is 0 Å². The Bertz CT molecular complexity index is 552. The van der Waals surface area contributed by atoms with Crippen LogP contribution in [0.3, 0.4) is 0 Å². The lowest BCUT2D eigenvalue weighted by Crippen LogP contribution is -2.19. The molecule has 0 radical (unpaired) electrons. The minimum atomic E-state index is -0.180. The average Bonchev–Trinajstić information content (AvgIpc) is 2.80. The zero-order valence-electron chi connectivity index (χ0n) is 10.0. The van der Waals surface area contributed by atoms with Crippen molar-refractivity contribution in [2.75, 3.05) is 5.32 Å². The zero-order chi connectivity index (χ0) is 12.5. The van der Waals surface area contributed by atoms with Gasteiger partial charge in [-0.3, -0.25) is 0 Å². The van der Waals surface area contributed by atoms with E-state index < -0.39 is 0 Å². The van der Waals surface area contributed by atoms with E-state index in [1.807, 2.05) is 17.8 Å². The summed E-state index contributed by atoms with van der Waals surface area (Å²) < 4.78 is 15.0. The fourth-order valence-electron chi connectivity index (χ4n) is 2.25. The number of benzene rings is 1. The highest BCUT2D eigenvalue weighted by Gasteiger charge is 2.26. The molecule has 2 aromatic rings. The van der Waals surface area contributed by atoms with E-state index in [1.54, 1.807) is 23.5 Å². The van der Waals surface area contributed by atoms with Crippen molar-refractivity contribution in [3.63, 3.8) is 0 Å². The summed E-state index contributed by atoms with van der Waals surface area (Å²) in [4.78, 5) is 0. The van der Waals surface area contributed by atoms with E-state index in [0.717, 1.165) is 6.42 Å². The maximum atomic E-state index is 13.7. The SMILES string of the molecule is C[C@H]1CC(Nc2ccccc2F)c2ccsc2S1. The van der Waals surface area contributed by atoms with Crippen LogP contribution in [0.15, 0.2) is 39.9 Å². The number of hydrogen-bond acceptors (Lipinski definition) is 3. The first-order valence-electron chi connectivity index (χ1n) is 5.99. The van der Waals surface area contributed by atoms with E-state index in [1.165, 1.54) is 15.8 Å². The molecule has 4 heteroatoms. The number of rotatable bonds is 2. The second kappa shape index (κ2) is 4.94. The van der Waals surface area contributed by atoms with Gasteiger partial charge in [0.2, 0.25) is 0 Å². The molecule has 94 valence electrons. The van der Waals surface area contributed by atoms with Gasteiger partial charge in [-0.25, -0.2) is 4.39 Å². The molecule has 0 saturated heterocycles. The summed E-state index contributed by atoms with van der Waals surface area (Å²) in [5, 5.41) is 6.03. The average molecular weight is 279 g/mol. The van der Waals surface area contributed by atoms with Crippen LogP contribution in [-0.2, 0) is 0 Å². The number of thioether (sulfide) groups is 1. The summed E-state index contributed by atoms with van der Waals surface area (Å²) in [6, 6.07) is 9.25. The Labute approximate surface area is 114 Å². The molecule has 0 bridgehead atoms. The Kier molecular flexibility index (Phi) is 3.31. The maximum Gasteiger partial charge on any atom is 0.146 e. The molecule has 1 aromatic heterocycles. The lowest BCUT2D eigenvalue weighted by Gasteiger charge is -2.28. The van der Waals surface area contributed by atoms with Crippen molar-refractivity contribution in [2.24, 2.45) is 0 Å². The fourth-order valence-corrected chi connectivity index (χ4v) is 4.82. The standard InChI is InChI=1S/C14H14FNS2/c1-9-8-13(10-6-7-17-14(10)18-9)16-12-5-3-2-4-11(12)15/h2-7,9,13,16H,8H2,1H3/t9-,13?/m0/s1. The molecule has 0 amide bonds. The van der Waals surface area contributed by atoms with Gasteiger partial charge in [0, 0.05) is 5.25 Å². The molecule has 1 aliphatic rings. The van der Waals surface area contributed by atoms with E-state index in [2.05, 4.69) is 23.7 Å². The van der Waals surface area contributed by atoms with Gasteiger partial charge in [0.25, 0.3) is 0 Å². The van der Waals surface area contributed by atoms with E-state index in [-0.39, 0.29) is 11.9 Å². The molecule has 2 heterocycles. The molecule has 18 heavy (non-hydrogen) atoms. The number of halogens is 1. The van der Waals surface area contributed by atoms with Gasteiger partial charge in [0.15, 0.2) is 0 Å². The van der Waals surface area contributed by atoms with Crippen LogP contribution in [0.1, 0.15) is 24.9 Å². The smallest absolute Gasteiger partial charge is 0.146 e. The van der Waals surface area contributed by atoms with Crippen LogP contribution in [0.2, 0.25) is 0 Å². The second-order valence-corrected chi connectivity index (χ2v) is 7.13. The van der Waals surface area contributed by atoms with Crippen molar-refractivity contribution in [1.82, 2.24) is 0 Å². The van der Waals surface area contributed by atoms with Gasteiger partial charge in [-0.05, 0) is 35.6 Å². The Morgan fingerprint density at radius 2 is 2.11 bits per heavy atom. The molecule has 0 fully saturated rings. The third-order valence-electron chi connectivity index (χ3n) is 3.11. The van der Waals surface area contributed by atoms with E-state index in [9.17, 15) is 4.39 Å². The molecule has 1 unspecified atom stereocenters. The predicted octanol–water partition coefficient (Wildman–Crippen LogP) is 4.92. The normalized spacial score (nSPS) is 22.6. The molecular weight excluding hydrogens is 265 g/mol. The highest BCUT2D eigenvalue weighted by Crippen LogP contribution is 2.45. The van der Waals surface area contributed by atoms with Gasteiger partial charge < -0.3 is 5.32 Å². The van der Waals surface area contributed by atoms with Crippen molar-refractivity contribution in [1.29, 1.82) is 0 Å². The van der Waals surface area contributed by atoms with Crippen molar-refractivity contribution in [3.05, 3.63) is 47.1 Å². The molecule has 1 N–H and O–H groups in total. The summed E-state index contributed by atoms with van der Waals surface area (Å²) in [6.07, 6.45) is 1.03. The third kappa shape index (κ3) is 2.27. The molecule has 1 aromatic carbocycles. The summed E-state index contributed by atoms with van der Waals surface area (Å²) in [5.41, 5.74) is 1.91. The third-order valence-corrected chi connectivity index (χ3v) is 5.46. The van der Waals surface area contributed by atoms with Crippen LogP contribution >= 0.6 is 23.1 Å². The minimum absolute atomic E-state index is 0.180. The van der Waals surface area contributed by atoms with Crippen molar-refractivity contribution in [2.45, 2.75) is 28.8 Å². The van der Waals surface area contributed by atoms with Gasteiger partial charge in [-0.2, -0.15) is 0 Å². The number of thiophene rings is 1. The van der Waals surface area contributed by atoms with Crippen molar-refractivity contribution < 1.29 is 4.39 Å². The second-order valence-electron chi connectivity index (χ2n) is 4.50. The van der Waals surface area contributed by atoms with Gasteiger partial charge in [-0.1, -0.05) is 19.1 Å². The van der Waals surface area contributed by atoms with Gasteiger partial charge in [0.05, 0.1) is 15.9 Å². The lowest BCUT2D eigenvalue weighted by atomic mass is 10.0. The number of hydrogen-bond donors (Lipinski definition) is 1. The first kappa shape index (κ1) is 12.1. The van der Waals surface area contributed by atoms with Crippen LogP contribution < -0.4 is 5.32 Å². The highest BCUT2D eigenvalue weighted by atomic mass is 32.2. The molecule has 2 atom stereocenters. The van der Waals surface area contributed by atoms with E-state index in [0.29, 0.717) is 10.9 Å². The number of nitrogens with one attached hydrogen (secondary N) is 1. The summed E-state index contributed by atoms with van der Waals surface area (Å²) in [7, 11) is 0. The topological polar surface area (TPSA) is 12.0 Å². The number of para-hydroxylation sites is 1. The first-order chi connectivity index (χ1) is 8.74. The van der Waals surface area contributed by atoms with Crippen LogP contribution in [0.4, 0.5) is 10.1 Å². The Balaban J connectivity index is 1.88. The largest absolute Gasteiger partial charge is 0.376 e. The Morgan fingerprint density at radius 3 is 2.94 bits per heavy atom. The predicted molar refractivity (Wildman–Crippen MR) is 77.0 cm³/mol. The number of anilines is 1. The highest BCUT2D eigenvalue weighted by molar-refractivity contribution is 8.01. The van der Waals surface area contributed by atoms with Gasteiger partial charge >= 0.3 is 0 Å². The summed E-state index contributed by atoms with van der Waals surface area (Å²) in [6.45, 7) is 2.23. The van der Waals surface area contributed by atoms with Crippen LogP contribution in [0, 0.1) is 5.82 Å². The van der Waals surface area contributed by atoms with E-state index in [4.69, 9.17) is 0 Å². The molecule has 1 nitrogen and oxygen atoms in total. The fraction of sp³-hybridized carbons (Fsp3) is 0.286. The quantitative estimate of drug-likeness (QED) is 0.837. The molecule has 0 aliphatic carbocycles. The summed E-state index contributed by atoms with van der Waals surface area (Å²) >= 11 is 3.70. The summed E-state index contributed by atoms with van der Waals surface area (Å²) in [5.74, 6) is -0.180. The maximum absolute atomic E-state index is 13.7. The lowest BCUT2D eigenvalue weighted by molar-refractivity contribution is 0.616. The first-order valence-corrected chi connectivity index (χ1v) is 7.75. The van der Waals surface area contributed by atoms with Crippen LogP contribution in [-0.4, -0.2) is 5.25 Å². The zero-order valence-corrected chi connectivity index (χ0v) is 11.7. The Hall–Kier alpha value is -1.00. The number of fused-ring (bicyclic) bond motifs is 1. The molecule has 0 saturated carbocycles. The van der Waals surface area contributed by atoms with Gasteiger partial charge in [-0.15, -0.1) is 23.1 Å². The van der Waals surface area contributed by atoms with Crippen molar-refractivity contribution >= 4 is 28.8 Å². The Morgan fingerprint density at radius 1 is 1.28 bits per heavy atom. The minimum Gasteiger partial charge on any atom is -0.376 e. The molecule has 1 aliphatic heterocycles. The van der Waals surface area contributed by atoms with Crippen LogP contribution in [0.25, 0.3) is 0 Å². The van der Waals surface area contributed by atoms with Gasteiger partial charge in [0.1, 0.15) is 5.82 Å². The van der Waals surface area contributed by atoms with Crippen molar-refractivity contribution in [3.8, 4) is 0 Å². The monoisotopic (exact) mass is 279 g/mol.